The number of hydrogen-bond donors (Lipinski definition) is 0. The third-order valence-electron chi connectivity index (χ3n) is 1.98. The number of ether oxygens (including phenoxy) is 2. The van der Waals surface area contributed by atoms with Crippen molar-refractivity contribution in [2.24, 2.45) is 5.16 Å². The Hall–Kier alpha value is -0.610. The Kier molecular flexibility index (Phi) is 1.40. The van der Waals surface area contributed by atoms with Crippen LogP contribution in [0.15, 0.2) is 5.16 Å². The molecule has 4 nitrogen and oxygen atoms in total. The van der Waals surface area contributed by atoms with Gasteiger partial charge in [-0.2, -0.15) is 0 Å². The maximum Gasteiger partial charge on any atom is 0.266 e. The molecule has 0 aromatic carbocycles. The fourth-order valence-electron chi connectivity index (χ4n) is 1.42. The van der Waals surface area contributed by atoms with Crippen LogP contribution in [-0.2, 0) is 14.3 Å². The molecular weight excluding hydrogens is 146 g/mol. The summed E-state index contributed by atoms with van der Waals surface area (Å²) < 4.78 is 10.8. The number of nitrogens with zero attached hydrogens (tertiary/aromatic N) is 1. The van der Waals surface area contributed by atoms with Crippen LogP contribution >= 0.6 is 0 Å². The molecule has 1 fully saturated rings. The first-order valence-electron chi connectivity index (χ1n) is 3.70. The largest absolute Gasteiger partial charge is 0.363 e. The average molecular weight is 157 g/mol. The van der Waals surface area contributed by atoms with Crippen LogP contribution in [0.3, 0.4) is 0 Å². The molecule has 0 amide bonds. The molecule has 1 saturated heterocycles. The van der Waals surface area contributed by atoms with Crippen LogP contribution in [0.25, 0.3) is 0 Å². The predicted octanol–water partition coefficient (Wildman–Crippen LogP) is 0.524. The molecule has 2 atom stereocenters. The van der Waals surface area contributed by atoms with E-state index in [2.05, 4.69) is 5.16 Å². The fraction of sp³-hybridized carbons (Fsp3) is 0.857. The predicted molar refractivity (Wildman–Crippen MR) is 38.3 cm³/mol. The molecule has 0 aromatic heterocycles. The minimum atomic E-state index is -0.664. The molecule has 0 saturated carbocycles. The van der Waals surface area contributed by atoms with Gasteiger partial charge in [-0.25, -0.2) is 0 Å². The second-order valence-electron chi connectivity index (χ2n) is 2.94. The minimum absolute atomic E-state index is 0.115. The summed E-state index contributed by atoms with van der Waals surface area (Å²) in [5.74, 6) is -0.664. The first-order valence-corrected chi connectivity index (χ1v) is 3.70. The summed E-state index contributed by atoms with van der Waals surface area (Å²) in [6.07, 6.45) is -0.115. The monoisotopic (exact) mass is 157 g/mol. The molecule has 0 radical (unpaired) electrons. The van der Waals surface area contributed by atoms with Gasteiger partial charge in [-0.05, 0) is 6.92 Å². The van der Waals surface area contributed by atoms with Crippen molar-refractivity contribution in [2.45, 2.75) is 25.7 Å². The lowest BCUT2D eigenvalue weighted by atomic mass is 10.1. The molecule has 4 heteroatoms. The third kappa shape index (κ3) is 0.937. The lowest BCUT2D eigenvalue weighted by Crippen LogP contribution is -2.49. The van der Waals surface area contributed by atoms with E-state index in [1.54, 1.807) is 0 Å². The van der Waals surface area contributed by atoms with Gasteiger partial charge in [-0.15, -0.1) is 0 Å². The second kappa shape index (κ2) is 2.19. The summed E-state index contributed by atoms with van der Waals surface area (Å²) in [4.78, 5) is 5.10. The van der Waals surface area contributed by atoms with Crippen LogP contribution in [0.1, 0.15) is 13.8 Å². The molecule has 0 aromatic rings. The van der Waals surface area contributed by atoms with E-state index in [0.717, 1.165) is 5.71 Å². The fourth-order valence-corrected chi connectivity index (χ4v) is 1.42. The molecule has 62 valence electrons. The first-order chi connectivity index (χ1) is 5.22. The van der Waals surface area contributed by atoms with Crippen LogP contribution in [0, 0.1) is 0 Å². The van der Waals surface area contributed by atoms with Crippen molar-refractivity contribution in [3.63, 3.8) is 0 Å². The Morgan fingerprint density at radius 3 is 3.09 bits per heavy atom. The van der Waals surface area contributed by atoms with E-state index < -0.39 is 5.79 Å². The molecular formula is C7H11NO3. The van der Waals surface area contributed by atoms with Crippen molar-refractivity contribution in [2.75, 3.05) is 13.2 Å². The normalized spacial score (nSPS) is 42.7. The highest BCUT2D eigenvalue weighted by molar-refractivity contribution is 5.88. The van der Waals surface area contributed by atoms with E-state index in [0.29, 0.717) is 13.2 Å². The maximum atomic E-state index is 5.44. The lowest BCUT2D eigenvalue weighted by molar-refractivity contribution is -0.285. The maximum absolute atomic E-state index is 5.44. The van der Waals surface area contributed by atoms with Crippen LogP contribution in [0.5, 0.6) is 0 Å². The molecule has 2 aliphatic rings. The number of hydrogen-bond acceptors (Lipinski definition) is 4. The van der Waals surface area contributed by atoms with E-state index >= 15 is 0 Å². The smallest absolute Gasteiger partial charge is 0.266 e. The first kappa shape index (κ1) is 7.06. The number of oxime groups is 1. The highest BCUT2D eigenvalue weighted by Gasteiger charge is 2.47. The van der Waals surface area contributed by atoms with Crippen molar-refractivity contribution < 1.29 is 14.3 Å². The number of fused-ring (bicyclic) bond motifs is 1. The van der Waals surface area contributed by atoms with Crippen molar-refractivity contribution in [1.82, 2.24) is 0 Å². The standard InChI is InChI=1S/C7H11NO3/c1-5-6-7(2,11-8-5)10-4-3-9-6/h6H,3-4H2,1-2H3/t6?,7-/m0/s1. The Morgan fingerprint density at radius 2 is 2.36 bits per heavy atom. The quantitative estimate of drug-likeness (QED) is 0.514. The van der Waals surface area contributed by atoms with Gasteiger partial charge >= 0.3 is 0 Å². The van der Waals surface area contributed by atoms with Crippen LogP contribution in [0.4, 0.5) is 0 Å². The summed E-state index contributed by atoms with van der Waals surface area (Å²) in [5, 5.41) is 3.82. The summed E-state index contributed by atoms with van der Waals surface area (Å²) >= 11 is 0. The van der Waals surface area contributed by atoms with Gasteiger partial charge in [-0.3, -0.25) is 0 Å². The van der Waals surface area contributed by atoms with Crippen molar-refractivity contribution in [1.29, 1.82) is 0 Å². The molecule has 0 N–H and O–H groups in total. The van der Waals surface area contributed by atoms with E-state index in [1.165, 1.54) is 0 Å². The zero-order valence-corrected chi connectivity index (χ0v) is 6.66. The topological polar surface area (TPSA) is 40.0 Å². The van der Waals surface area contributed by atoms with Gasteiger partial charge in [0.25, 0.3) is 5.79 Å². The Morgan fingerprint density at radius 1 is 1.55 bits per heavy atom. The third-order valence-corrected chi connectivity index (χ3v) is 1.98. The van der Waals surface area contributed by atoms with Gasteiger partial charge in [0.1, 0.15) is 0 Å². The van der Waals surface area contributed by atoms with Gasteiger partial charge in [-0.1, -0.05) is 5.16 Å². The summed E-state index contributed by atoms with van der Waals surface area (Å²) in [5.41, 5.74) is 0.854. The molecule has 2 heterocycles. The van der Waals surface area contributed by atoms with Crippen LogP contribution < -0.4 is 0 Å². The highest BCUT2D eigenvalue weighted by Crippen LogP contribution is 2.30. The van der Waals surface area contributed by atoms with Crippen molar-refractivity contribution in [3.8, 4) is 0 Å². The zero-order chi connectivity index (χ0) is 7.90. The summed E-state index contributed by atoms with van der Waals surface area (Å²) in [6, 6.07) is 0. The second-order valence-corrected chi connectivity index (χ2v) is 2.94. The molecule has 11 heavy (non-hydrogen) atoms. The lowest BCUT2D eigenvalue weighted by Gasteiger charge is -2.32. The van der Waals surface area contributed by atoms with E-state index in [1.807, 2.05) is 13.8 Å². The molecule has 2 aliphatic heterocycles. The highest BCUT2D eigenvalue weighted by atomic mass is 16.8. The van der Waals surface area contributed by atoms with Crippen LogP contribution in [-0.4, -0.2) is 30.8 Å². The van der Waals surface area contributed by atoms with Gasteiger partial charge in [0.05, 0.1) is 18.9 Å². The van der Waals surface area contributed by atoms with Crippen molar-refractivity contribution in [3.05, 3.63) is 0 Å². The molecule has 0 bridgehead atoms. The van der Waals surface area contributed by atoms with Crippen molar-refractivity contribution >= 4 is 5.71 Å². The zero-order valence-electron chi connectivity index (χ0n) is 6.66. The Balaban J connectivity index is 2.20. The Bertz CT molecular complexity index is 204. The minimum Gasteiger partial charge on any atom is -0.363 e. The van der Waals surface area contributed by atoms with Gasteiger partial charge in [0, 0.05) is 6.92 Å². The molecule has 1 unspecified atom stereocenters. The SMILES string of the molecule is CC1=NO[C@]2(C)OCCOC12. The number of rotatable bonds is 0. The van der Waals surface area contributed by atoms with E-state index in [9.17, 15) is 0 Å². The van der Waals surface area contributed by atoms with Gasteiger partial charge in [0.2, 0.25) is 0 Å². The molecule has 0 aliphatic carbocycles. The summed E-state index contributed by atoms with van der Waals surface area (Å²) in [7, 11) is 0. The van der Waals surface area contributed by atoms with Gasteiger partial charge < -0.3 is 14.3 Å². The average Bonchev–Trinajstić information content (AvgIpc) is 2.29. The molecule has 0 spiro atoms. The molecule has 2 rings (SSSR count). The summed E-state index contributed by atoms with van der Waals surface area (Å²) in [6.45, 7) is 4.92. The van der Waals surface area contributed by atoms with E-state index in [-0.39, 0.29) is 6.10 Å². The Labute approximate surface area is 65.1 Å². The van der Waals surface area contributed by atoms with E-state index in [4.69, 9.17) is 14.3 Å². The van der Waals surface area contributed by atoms with Gasteiger partial charge in [0.15, 0.2) is 6.10 Å². The van der Waals surface area contributed by atoms with Crippen LogP contribution in [0.2, 0.25) is 0 Å².